The van der Waals surface area contributed by atoms with Crippen molar-refractivity contribution in [1.82, 2.24) is 19.7 Å². The third kappa shape index (κ3) is 2.73. The Balaban J connectivity index is 2.18. The van der Waals surface area contributed by atoms with Crippen LogP contribution in [0.2, 0.25) is 0 Å². The quantitative estimate of drug-likeness (QED) is 0.789. The number of aromatic nitrogens is 4. The van der Waals surface area contributed by atoms with Crippen LogP contribution in [0, 0.1) is 0 Å². The first-order chi connectivity index (χ1) is 8.35. The predicted molar refractivity (Wildman–Crippen MR) is 65.6 cm³/mol. The van der Waals surface area contributed by atoms with Crippen molar-refractivity contribution in [2.24, 2.45) is 0 Å². The predicted octanol–water partition coefficient (Wildman–Crippen LogP) is 0.750. The fourth-order valence-electron chi connectivity index (χ4n) is 1.49. The average Bonchev–Trinajstić information content (AvgIpc) is 2.58. The molecule has 0 amide bonds. The first-order valence-electron chi connectivity index (χ1n) is 5.50. The second-order valence-corrected chi connectivity index (χ2v) is 4.91. The molecule has 0 spiro atoms. The minimum absolute atomic E-state index is 0.0209. The Morgan fingerprint density at radius 1 is 1.44 bits per heavy atom. The van der Waals surface area contributed by atoms with Gasteiger partial charge in [0.25, 0.3) is 0 Å². The largest absolute Gasteiger partial charge is 0.459 e. The molecule has 2 N–H and O–H groups in total. The van der Waals surface area contributed by atoms with Gasteiger partial charge in [0.1, 0.15) is 24.3 Å². The van der Waals surface area contributed by atoms with E-state index in [4.69, 9.17) is 10.5 Å². The molecule has 7 heteroatoms. The Bertz CT molecular complexity index is 585. The molecule has 0 unspecified atom stereocenters. The van der Waals surface area contributed by atoms with Crippen LogP contribution in [0.4, 0.5) is 5.82 Å². The van der Waals surface area contributed by atoms with Crippen LogP contribution in [0.15, 0.2) is 12.5 Å². The fraction of sp³-hybridized carbons (Fsp3) is 0.455. The van der Waals surface area contributed by atoms with Gasteiger partial charge < -0.3 is 10.5 Å². The monoisotopic (exact) mass is 249 g/mol. The number of fused-ring (bicyclic) bond motifs is 1. The van der Waals surface area contributed by atoms with Gasteiger partial charge in [-0.05, 0) is 20.8 Å². The summed E-state index contributed by atoms with van der Waals surface area (Å²) in [7, 11) is 0. The van der Waals surface area contributed by atoms with Crippen LogP contribution in [0.3, 0.4) is 0 Å². The highest BCUT2D eigenvalue weighted by Gasteiger charge is 2.17. The van der Waals surface area contributed by atoms with Gasteiger partial charge in [0.15, 0.2) is 5.65 Å². The number of hydrogen-bond donors (Lipinski definition) is 1. The summed E-state index contributed by atoms with van der Waals surface area (Å²) >= 11 is 0. The molecule has 96 valence electrons. The van der Waals surface area contributed by atoms with E-state index in [0.717, 1.165) is 0 Å². The lowest BCUT2D eigenvalue weighted by Crippen LogP contribution is -2.26. The van der Waals surface area contributed by atoms with Crippen molar-refractivity contribution >= 4 is 22.8 Å². The first-order valence-corrected chi connectivity index (χ1v) is 5.50. The summed E-state index contributed by atoms with van der Waals surface area (Å²) in [5.74, 6) is -0.0164. The highest BCUT2D eigenvalue weighted by Crippen LogP contribution is 2.14. The molecule has 18 heavy (non-hydrogen) atoms. The normalized spacial score (nSPS) is 11.7. The SMILES string of the molecule is CC(C)(C)OC(=O)Cn1cc2c(N)ncnc2n1. The molecular weight excluding hydrogens is 234 g/mol. The van der Waals surface area contributed by atoms with Gasteiger partial charge >= 0.3 is 5.97 Å². The van der Waals surface area contributed by atoms with Gasteiger partial charge in [0, 0.05) is 6.20 Å². The number of carbonyl (C=O) groups excluding carboxylic acids is 1. The first kappa shape index (κ1) is 12.3. The molecule has 0 aliphatic rings. The maximum Gasteiger partial charge on any atom is 0.328 e. The number of rotatable bonds is 2. The summed E-state index contributed by atoms with van der Waals surface area (Å²) < 4.78 is 6.65. The smallest absolute Gasteiger partial charge is 0.328 e. The van der Waals surface area contributed by atoms with Crippen LogP contribution in [0.25, 0.3) is 11.0 Å². The lowest BCUT2D eigenvalue weighted by molar-refractivity contribution is -0.155. The third-order valence-electron chi connectivity index (χ3n) is 2.11. The number of ether oxygens (including phenoxy) is 1. The fourth-order valence-corrected chi connectivity index (χ4v) is 1.49. The Hall–Kier alpha value is -2.18. The molecule has 0 saturated carbocycles. The van der Waals surface area contributed by atoms with Crippen molar-refractivity contribution in [1.29, 1.82) is 0 Å². The molecule has 0 aliphatic heterocycles. The van der Waals surface area contributed by atoms with Crippen molar-refractivity contribution in [3.63, 3.8) is 0 Å². The van der Waals surface area contributed by atoms with Crippen LogP contribution in [-0.2, 0) is 16.1 Å². The Labute approximate surface area is 104 Å². The number of anilines is 1. The van der Waals surface area contributed by atoms with E-state index in [0.29, 0.717) is 16.9 Å². The van der Waals surface area contributed by atoms with Crippen molar-refractivity contribution in [2.45, 2.75) is 32.9 Å². The summed E-state index contributed by atoms with van der Waals surface area (Å²) in [5.41, 5.74) is 5.63. The lowest BCUT2D eigenvalue weighted by Gasteiger charge is -2.19. The van der Waals surface area contributed by atoms with E-state index in [1.807, 2.05) is 20.8 Å². The van der Waals surface area contributed by atoms with Gasteiger partial charge in [-0.15, -0.1) is 0 Å². The van der Waals surface area contributed by atoms with E-state index in [1.54, 1.807) is 6.20 Å². The Morgan fingerprint density at radius 3 is 2.78 bits per heavy atom. The number of nitrogens with two attached hydrogens (primary N) is 1. The molecule has 7 nitrogen and oxygen atoms in total. The van der Waals surface area contributed by atoms with Crippen molar-refractivity contribution in [3.05, 3.63) is 12.5 Å². The van der Waals surface area contributed by atoms with E-state index in [-0.39, 0.29) is 12.5 Å². The molecule has 0 atom stereocenters. The second-order valence-electron chi connectivity index (χ2n) is 4.91. The van der Waals surface area contributed by atoms with E-state index in [9.17, 15) is 4.79 Å². The summed E-state index contributed by atoms with van der Waals surface area (Å²) in [6, 6.07) is 0. The minimum atomic E-state index is -0.511. The molecule has 0 bridgehead atoms. The highest BCUT2D eigenvalue weighted by molar-refractivity contribution is 5.84. The topological polar surface area (TPSA) is 95.9 Å². The summed E-state index contributed by atoms with van der Waals surface area (Å²) in [6.07, 6.45) is 2.97. The number of hydrogen-bond acceptors (Lipinski definition) is 6. The number of esters is 1. The molecule has 2 rings (SSSR count). The van der Waals surface area contributed by atoms with Crippen molar-refractivity contribution < 1.29 is 9.53 Å². The van der Waals surface area contributed by atoms with Crippen LogP contribution in [0.1, 0.15) is 20.8 Å². The molecule has 2 aromatic heterocycles. The van der Waals surface area contributed by atoms with Gasteiger partial charge in [0.2, 0.25) is 0 Å². The molecule has 0 aromatic carbocycles. The summed E-state index contributed by atoms with van der Waals surface area (Å²) in [4.78, 5) is 19.5. The molecule has 2 aromatic rings. The third-order valence-corrected chi connectivity index (χ3v) is 2.11. The van der Waals surface area contributed by atoms with Crippen molar-refractivity contribution in [3.8, 4) is 0 Å². The zero-order chi connectivity index (χ0) is 13.3. The van der Waals surface area contributed by atoms with Gasteiger partial charge in [-0.3, -0.25) is 9.48 Å². The van der Waals surface area contributed by atoms with E-state index in [2.05, 4.69) is 15.1 Å². The number of carbonyl (C=O) groups is 1. The van der Waals surface area contributed by atoms with E-state index < -0.39 is 5.60 Å². The standard InChI is InChI=1S/C11H15N5O2/c1-11(2,3)18-8(17)5-16-4-7-9(12)13-6-14-10(7)15-16/h4,6H,5H2,1-3H3,(H2,12,13,14,15). The van der Waals surface area contributed by atoms with Gasteiger partial charge in [0.05, 0.1) is 5.39 Å². The van der Waals surface area contributed by atoms with Gasteiger partial charge in [-0.1, -0.05) is 0 Å². The molecule has 0 radical (unpaired) electrons. The Morgan fingerprint density at radius 2 is 2.17 bits per heavy atom. The van der Waals surface area contributed by atoms with Gasteiger partial charge in [-0.25, -0.2) is 9.97 Å². The maximum absolute atomic E-state index is 11.6. The Kier molecular flexibility index (Phi) is 2.90. The second kappa shape index (κ2) is 4.25. The number of nitrogens with zero attached hydrogens (tertiary/aromatic N) is 4. The molecule has 2 heterocycles. The van der Waals surface area contributed by atoms with Crippen LogP contribution in [-0.4, -0.2) is 31.3 Å². The van der Waals surface area contributed by atoms with Gasteiger partial charge in [-0.2, -0.15) is 5.10 Å². The summed E-state index contributed by atoms with van der Waals surface area (Å²) in [5, 5.41) is 4.75. The zero-order valence-electron chi connectivity index (χ0n) is 10.5. The van der Waals surface area contributed by atoms with E-state index in [1.165, 1.54) is 11.0 Å². The molecule has 0 saturated heterocycles. The molecular formula is C11H15N5O2. The molecule has 0 aliphatic carbocycles. The highest BCUT2D eigenvalue weighted by atomic mass is 16.6. The maximum atomic E-state index is 11.6. The number of nitrogen functional groups attached to an aromatic ring is 1. The van der Waals surface area contributed by atoms with Crippen molar-refractivity contribution in [2.75, 3.05) is 5.73 Å². The lowest BCUT2D eigenvalue weighted by atomic mass is 10.2. The van der Waals surface area contributed by atoms with E-state index >= 15 is 0 Å². The molecule has 0 fully saturated rings. The summed E-state index contributed by atoms with van der Waals surface area (Å²) in [6.45, 7) is 5.46. The average molecular weight is 249 g/mol. The van der Waals surface area contributed by atoms with Crippen LogP contribution in [0.5, 0.6) is 0 Å². The van der Waals surface area contributed by atoms with Crippen LogP contribution >= 0.6 is 0 Å². The van der Waals surface area contributed by atoms with Crippen LogP contribution < -0.4 is 5.73 Å². The minimum Gasteiger partial charge on any atom is -0.459 e. The zero-order valence-corrected chi connectivity index (χ0v) is 10.5.